The van der Waals surface area contributed by atoms with Gasteiger partial charge in [0.2, 0.25) is 0 Å². The number of nitrogens with zero attached hydrogens (tertiary/aromatic N) is 1. The SMILES string of the molecule is CCCCCCN1CC(CCC)NCC1CCC. The minimum atomic E-state index is 0.745. The van der Waals surface area contributed by atoms with Crippen LogP contribution >= 0.6 is 0 Å². The van der Waals surface area contributed by atoms with E-state index in [4.69, 9.17) is 0 Å². The molecule has 1 aliphatic heterocycles. The van der Waals surface area contributed by atoms with E-state index in [2.05, 4.69) is 31.0 Å². The maximum absolute atomic E-state index is 3.74. The molecule has 1 rings (SSSR count). The van der Waals surface area contributed by atoms with Crippen LogP contribution in [0.1, 0.15) is 72.1 Å². The van der Waals surface area contributed by atoms with E-state index in [-0.39, 0.29) is 0 Å². The molecule has 1 N–H and O–H groups in total. The second kappa shape index (κ2) is 9.80. The Morgan fingerprint density at radius 3 is 2.39 bits per heavy atom. The summed E-state index contributed by atoms with van der Waals surface area (Å²) < 4.78 is 0. The Hall–Kier alpha value is -0.0800. The van der Waals surface area contributed by atoms with Gasteiger partial charge in [-0.25, -0.2) is 0 Å². The van der Waals surface area contributed by atoms with E-state index < -0.39 is 0 Å². The van der Waals surface area contributed by atoms with Crippen LogP contribution < -0.4 is 5.32 Å². The Morgan fingerprint density at radius 1 is 0.944 bits per heavy atom. The predicted molar refractivity (Wildman–Crippen MR) is 81.1 cm³/mol. The van der Waals surface area contributed by atoms with Crippen LogP contribution in [0.2, 0.25) is 0 Å². The molecular weight excluding hydrogens is 220 g/mol. The van der Waals surface area contributed by atoms with Crippen molar-refractivity contribution < 1.29 is 0 Å². The molecule has 0 saturated carbocycles. The van der Waals surface area contributed by atoms with Gasteiger partial charge in [-0.15, -0.1) is 0 Å². The molecular formula is C16H34N2. The fourth-order valence-electron chi connectivity index (χ4n) is 3.10. The first-order valence-corrected chi connectivity index (χ1v) is 8.29. The minimum Gasteiger partial charge on any atom is -0.311 e. The van der Waals surface area contributed by atoms with E-state index in [0.717, 1.165) is 12.1 Å². The smallest absolute Gasteiger partial charge is 0.0221 e. The van der Waals surface area contributed by atoms with Crippen LogP contribution in [-0.2, 0) is 0 Å². The molecule has 2 heteroatoms. The number of rotatable bonds is 9. The first-order valence-electron chi connectivity index (χ1n) is 8.29. The molecule has 0 bridgehead atoms. The second-order valence-corrected chi connectivity index (χ2v) is 5.89. The lowest BCUT2D eigenvalue weighted by molar-refractivity contribution is 0.117. The molecule has 108 valence electrons. The Kier molecular flexibility index (Phi) is 8.70. The molecule has 18 heavy (non-hydrogen) atoms. The van der Waals surface area contributed by atoms with E-state index in [1.807, 2.05) is 0 Å². The van der Waals surface area contributed by atoms with E-state index in [1.54, 1.807) is 0 Å². The first kappa shape index (κ1) is 16.0. The molecule has 0 aromatic carbocycles. The van der Waals surface area contributed by atoms with Crippen molar-refractivity contribution in [2.45, 2.75) is 84.2 Å². The fourth-order valence-corrected chi connectivity index (χ4v) is 3.10. The molecule has 1 aliphatic rings. The number of unbranched alkanes of at least 4 members (excludes halogenated alkanes) is 3. The van der Waals surface area contributed by atoms with Crippen LogP contribution in [0.5, 0.6) is 0 Å². The van der Waals surface area contributed by atoms with Gasteiger partial charge in [0.05, 0.1) is 0 Å². The topological polar surface area (TPSA) is 15.3 Å². The van der Waals surface area contributed by atoms with Crippen molar-refractivity contribution in [1.82, 2.24) is 10.2 Å². The Morgan fingerprint density at radius 2 is 1.72 bits per heavy atom. The summed E-state index contributed by atoms with van der Waals surface area (Å²) in [6.07, 6.45) is 10.9. The van der Waals surface area contributed by atoms with Crippen molar-refractivity contribution in [3.8, 4) is 0 Å². The molecule has 1 fully saturated rings. The van der Waals surface area contributed by atoms with Crippen LogP contribution in [0.25, 0.3) is 0 Å². The second-order valence-electron chi connectivity index (χ2n) is 5.89. The average Bonchev–Trinajstić information content (AvgIpc) is 2.38. The third kappa shape index (κ3) is 5.71. The summed E-state index contributed by atoms with van der Waals surface area (Å²) in [5.74, 6) is 0. The van der Waals surface area contributed by atoms with Crippen molar-refractivity contribution in [2.75, 3.05) is 19.6 Å². The molecule has 0 aromatic rings. The summed E-state index contributed by atoms with van der Waals surface area (Å²) in [5, 5.41) is 3.74. The molecule has 1 heterocycles. The average molecular weight is 254 g/mol. The molecule has 1 saturated heterocycles. The highest BCUT2D eigenvalue weighted by Gasteiger charge is 2.25. The van der Waals surface area contributed by atoms with Gasteiger partial charge in [-0.2, -0.15) is 0 Å². The van der Waals surface area contributed by atoms with E-state index >= 15 is 0 Å². The van der Waals surface area contributed by atoms with Crippen LogP contribution in [0.3, 0.4) is 0 Å². The number of nitrogens with one attached hydrogen (secondary N) is 1. The van der Waals surface area contributed by atoms with Gasteiger partial charge in [0, 0.05) is 25.2 Å². The maximum atomic E-state index is 3.74. The zero-order valence-corrected chi connectivity index (χ0v) is 12.9. The Bertz CT molecular complexity index is 194. The van der Waals surface area contributed by atoms with Gasteiger partial charge in [-0.1, -0.05) is 52.9 Å². The van der Waals surface area contributed by atoms with E-state index in [0.29, 0.717) is 0 Å². The molecule has 0 aliphatic carbocycles. The van der Waals surface area contributed by atoms with Crippen molar-refractivity contribution in [3.63, 3.8) is 0 Å². The summed E-state index contributed by atoms with van der Waals surface area (Å²) in [5.41, 5.74) is 0. The van der Waals surface area contributed by atoms with Gasteiger partial charge >= 0.3 is 0 Å². The van der Waals surface area contributed by atoms with E-state index in [1.165, 1.54) is 71.0 Å². The Balaban J connectivity index is 2.34. The van der Waals surface area contributed by atoms with Gasteiger partial charge < -0.3 is 5.32 Å². The normalized spacial score (nSPS) is 25.5. The fraction of sp³-hybridized carbons (Fsp3) is 1.00. The summed E-state index contributed by atoms with van der Waals surface area (Å²) in [4.78, 5) is 2.77. The van der Waals surface area contributed by atoms with Crippen LogP contribution in [-0.4, -0.2) is 36.6 Å². The summed E-state index contributed by atoms with van der Waals surface area (Å²) in [7, 11) is 0. The third-order valence-corrected chi connectivity index (χ3v) is 4.17. The van der Waals surface area contributed by atoms with E-state index in [9.17, 15) is 0 Å². The van der Waals surface area contributed by atoms with Gasteiger partial charge in [0.15, 0.2) is 0 Å². The standard InChI is InChI=1S/C16H34N2/c1-4-7-8-9-12-18-14-15(10-5-2)17-13-16(18)11-6-3/h15-17H,4-14H2,1-3H3. The van der Waals surface area contributed by atoms with Gasteiger partial charge in [-0.3, -0.25) is 4.90 Å². The lowest BCUT2D eigenvalue weighted by Gasteiger charge is -2.40. The lowest BCUT2D eigenvalue weighted by Crippen LogP contribution is -2.56. The molecule has 2 unspecified atom stereocenters. The highest BCUT2D eigenvalue weighted by molar-refractivity contribution is 4.85. The molecule has 2 atom stereocenters. The number of hydrogen-bond donors (Lipinski definition) is 1. The summed E-state index contributed by atoms with van der Waals surface area (Å²) >= 11 is 0. The van der Waals surface area contributed by atoms with Crippen LogP contribution in [0, 0.1) is 0 Å². The van der Waals surface area contributed by atoms with Gasteiger partial charge in [0.25, 0.3) is 0 Å². The molecule has 0 spiro atoms. The zero-order chi connectivity index (χ0) is 13.2. The molecule has 0 amide bonds. The zero-order valence-electron chi connectivity index (χ0n) is 12.9. The summed E-state index contributed by atoms with van der Waals surface area (Å²) in [6.45, 7) is 10.7. The van der Waals surface area contributed by atoms with Crippen molar-refractivity contribution >= 4 is 0 Å². The van der Waals surface area contributed by atoms with Crippen molar-refractivity contribution in [2.24, 2.45) is 0 Å². The molecule has 0 radical (unpaired) electrons. The molecule has 2 nitrogen and oxygen atoms in total. The Labute approximate surface area is 115 Å². The largest absolute Gasteiger partial charge is 0.311 e. The highest BCUT2D eigenvalue weighted by atomic mass is 15.2. The highest BCUT2D eigenvalue weighted by Crippen LogP contribution is 2.16. The van der Waals surface area contributed by atoms with Gasteiger partial charge in [0.1, 0.15) is 0 Å². The van der Waals surface area contributed by atoms with Crippen LogP contribution in [0.4, 0.5) is 0 Å². The monoisotopic (exact) mass is 254 g/mol. The van der Waals surface area contributed by atoms with Crippen molar-refractivity contribution in [1.29, 1.82) is 0 Å². The van der Waals surface area contributed by atoms with Crippen molar-refractivity contribution in [3.05, 3.63) is 0 Å². The number of hydrogen-bond acceptors (Lipinski definition) is 2. The lowest BCUT2D eigenvalue weighted by atomic mass is 10.0. The quantitative estimate of drug-likeness (QED) is 0.629. The van der Waals surface area contributed by atoms with Crippen LogP contribution in [0.15, 0.2) is 0 Å². The maximum Gasteiger partial charge on any atom is 0.0221 e. The molecule has 0 aromatic heterocycles. The van der Waals surface area contributed by atoms with Gasteiger partial charge in [-0.05, 0) is 25.8 Å². The number of piperazine rings is 1. The third-order valence-electron chi connectivity index (χ3n) is 4.17. The first-order chi connectivity index (χ1) is 8.81. The predicted octanol–water partition coefficient (Wildman–Crippen LogP) is 3.81. The summed E-state index contributed by atoms with van der Waals surface area (Å²) in [6, 6.07) is 1.54. The minimum absolute atomic E-state index is 0.745.